The van der Waals surface area contributed by atoms with Crippen LogP contribution in [-0.2, 0) is 7.05 Å². The van der Waals surface area contributed by atoms with E-state index in [1.54, 1.807) is 0 Å². The molecule has 2 aliphatic rings. The van der Waals surface area contributed by atoms with Crippen LogP contribution in [0.5, 0.6) is 0 Å². The number of nitrogen functional groups attached to an aromatic ring is 1. The molecule has 0 spiro atoms. The lowest BCUT2D eigenvalue weighted by Gasteiger charge is -2.17. The van der Waals surface area contributed by atoms with Crippen molar-refractivity contribution in [2.24, 2.45) is 7.05 Å². The standard InChI is InChI=1S/C15H20N6/c1-20-9-11(14(19-20)10-4-5-10)12-8-13(18-15(16)17-12)21-6-2-3-7-21/h8-10H,2-7H2,1H3,(H2,16,17,18). The minimum atomic E-state index is 0.347. The Balaban J connectivity index is 1.77. The van der Waals surface area contributed by atoms with Gasteiger partial charge in [0.2, 0.25) is 5.95 Å². The van der Waals surface area contributed by atoms with Crippen LogP contribution < -0.4 is 10.6 Å². The summed E-state index contributed by atoms with van der Waals surface area (Å²) in [6.07, 6.45) is 6.94. The van der Waals surface area contributed by atoms with E-state index in [2.05, 4.69) is 26.0 Å². The van der Waals surface area contributed by atoms with Crippen LogP contribution >= 0.6 is 0 Å². The zero-order valence-electron chi connectivity index (χ0n) is 12.3. The zero-order chi connectivity index (χ0) is 14.4. The van der Waals surface area contributed by atoms with Crippen molar-refractivity contribution in [3.8, 4) is 11.3 Å². The Hall–Kier alpha value is -2.11. The van der Waals surface area contributed by atoms with E-state index in [1.165, 1.54) is 25.7 Å². The molecule has 0 unspecified atom stereocenters. The van der Waals surface area contributed by atoms with Gasteiger partial charge >= 0.3 is 0 Å². The van der Waals surface area contributed by atoms with Crippen molar-refractivity contribution in [3.63, 3.8) is 0 Å². The van der Waals surface area contributed by atoms with Crippen LogP contribution in [0.2, 0.25) is 0 Å². The highest BCUT2D eigenvalue weighted by Gasteiger charge is 2.30. The maximum absolute atomic E-state index is 5.94. The minimum absolute atomic E-state index is 0.347. The molecule has 3 heterocycles. The predicted molar refractivity (Wildman–Crippen MR) is 82.1 cm³/mol. The average molecular weight is 284 g/mol. The fourth-order valence-corrected chi connectivity index (χ4v) is 3.06. The molecule has 6 nitrogen and oxygen atoms in total. The molecule has 110 valence electrons. The number of rotatable bonds is 3. The fraction of sp³-hybridized carbons (Fsp3) is 0.533. The molecule has 6 heteroatoms. The first kappa shape index (κ1) is 12.6. The van der Waals surface area contributed by atoms with Crippen molar-refractivity contribution in [3.05, 3.63) is 18.0 Å². The molecule has 1 saturated heterocycles. The van der Waals surface area contributed by atoms with Crippen LogP contribution in [0.25, 0.3) is 11.3 Å². The summed E-state index contributed by atoms with van der Waals surface area (Å²) in [7, 11) is 1.96. The molecule has 0 aromatic carbocycles. The van der Waals surface area contributed by atoms with Crippen molar-refractivity contribution < 1.29 is 0 Å². The van der Waals surface area contributed by atoms with Gasteiger partial charge in [-0.2, -0.15) is 10.1 Å². The van der Waals surface area contributed by atoms with Crippen molar-refractivity contribution in [2.75, 3.05) is 23.7 Å². The summed E-state index contributed by atoms with van der Waals surface area (Å²) in [6, 6.07) is 2.06. The molecule has 1 aliphatic heterocycles. The maximum Gasteiger partial charge on any atom is 0.222 e. The lowest BCUT2D eigenvalue weighted by atomic mass is 10.1. The van der Waals surface area contributed by atoms with E-state index in [0.29, 0.717) is 11.9 Å². The summed E-state index contributed by atoms with van der Waals surface area (Å²) >= 11 is 0. The number of nitrogens with zero attached hydrogens (tertiary/aromatic N) is 5. The summed E-state index contributed by atoms with van der Waals surface area (Å²) < 4.78 is 1.87. The topological polar surface area (TPSA) is 72.9 Å². The lowest BCUT2D eigenvalue weighted by molar-refractivity contribution is 0.744. The Morgan fingerprint density at radius 3 is 2.67 bits per heavy atom. The summed E-state index contributed by atoms with van der Waals surface area (Å²) in [6.45, 7) is 2.11. The van der Waals surface area contributed by atoms with Crippen molar-refractivity contribution in [2.45, 2.75) is 31.6 Å². The van der Waals surface area contributed by atoms with E-state index in [1.807, 2.05) is 17.9 Å². The molecule has 2 aromatic heterocycles. The van der Waals surface area contributed by atoms with Gasteiger partial charge in [-0.3, -0.25) is 4.68 Å². The smallest absolute Gasteiger partial charge is 0.222 e. The fourth-order valence-electron chi connectivity index (χ4n) is 3.06. The minimum Gasteiger partial charge on any atom is -0.368 e. The van der Waals surface area contributed by atoms with Gasteiger partial charge in [0.15, 0.2) is 0 Å². The largest absolute Gasteiger partial charge is 0.368 e. The van der Waals surface area contributed by atoms with E-state index in [0.717, 1.165) is 35.9 Å². The molecule has 1 aliphatic carbocycles. The molecule has 0 radical (unpaired) electrons. The highest BCUT2D eigenvalue weighted by Crippen LogP contribution is 2.43. The van der Waals surface area contributed by atoms with Crippen LogP contribution in [0.1, 0.15) is 37.3 Å². The Labute approximate surface area is 124 Å². The summed E-state index contributed by atoms with van der Waals surface area (Å²) in [5, 5.41) is 4.61. The van der Waals surface area contributed by atoms with Gasteiger partial charge in [-0.15, -0.1) is 0 Å². The third-order valence-corrected chi connectivity index (χ3v) is 4.26. The molecule has 2 N–H and O–H groups in total. The second-order valence-electron chi connectivity index (χ2n) is 6.04. The Morgan fingerprint density at radius 1 is 1.19 bits per heavy atom. The number of hydrogen-bond donors (Lipinski definition) is 1. The molecule has 1 saturated carbocycles. The highest BCUT2D eigenvalue weighted by molar-refractivity contribution is 5.67. The van der Waals surface area contributed by atoms with Gasteiger partial charge in [0.05, 0.1) is 11.4 Å². The van der Waals surface area contributed by atoms with Crippen LogP contribution in [-0.4, -0.2) is 32.8 Å². The van der Waals surface area contributed by atoms with Crippen LogP contribution in [0.15, 0.2) is 12.3 Å². The molecular weight excluding hydrogens is 264 g/mol. The van der Waals surface area contributed by atoms with E-state index in [-0.39, 0.29) is 0 Å². The van der Waals surface area contributed by atoms with E-state index in [9.17, 15) is 0 Å². The molecule has 4 rings (SSSR count). The first-order valence-corrected chi connectivity index (χ1v) is 7.64. The Kier molecular flexibility index (Phi) is 2.83. The van der Waals surface area contributed by atoms with Crippen LogP contribution in [0.3, 0.4) is 0 Å². The van der Waals surface area contributed by atoms with E-state index in [4.69, 9.17) is 5.73 Å². The molecule has 2 fully saturated rings. The van der Waals surface area contributed by atoms with Crippen molar-refractivity contribution in [1.82, 2.24) is 19.7 Å². The molecule has 0 atom stereocenters. The molecule has 2 aromatic rings. The van der Waals surface area contributed by atoms with Gasteiger partial charge in [0.25, 0.3) is 0 Å². The molecule has 0 amide bonds. The lowest BCUT2D eigenvalue weighted by Crippen LogP contribution is -2.19. The van der Waals surface area contributed by atoms with Gasteiger partial charge in [-0.1, -0.05) is 0 Å². The SMILES string of the molecule is Cn1cc(-c2cc(N3CCCC3)nc(N)n2)c(C2CC2)n1. The third kappa shape index (κ3) is 2.34. The van der Waals surface area contributed by atoms with Crippen molar-refractivity contribution >= 4 is 11.8 Å². The molecular formula is C15H20N6. The van der Waals surface area contributed by atoms with Crippen molar-refractivity contribution in [1.29, 1.82) is 0 Å². The number of aryl methyl sites for hydroxylation is 1. The highest BCUT2D eigenvalue weighted by atomic mass is 15.3. The number of aromatic nitrogens is 4. The Bertz CT molecular complexity index is 667. The van der Waals surface area contributed by atoms with Gasteiger partial charge in [-0.25, -0.2) is 4.98 Å². The second kappa shape index (κ2) is 4.72. The number of hydrogen-bond acceptors (Lipinski definition) is 5. The number of anilines is 2. The predicted octanol–water partition coefficient (Wildman–Crippen LogP) is 1.94. The zero-order valence-corrected chi connectivity index (χ0v) is 12.3. The van der Waals surface area contributed by atoms with Crippen LogP contribution in [0, 0.1) is 0 Å². The Morgan fingerprint density at radius 2 is 1.95 bits per heavy atom. The average Bonchev–Trinajstić information content (AvgIpc) is 3.00. The molecule has 0 bridgehead atoms. The second-order valence-corrected chi connectivity index (χ2v) is 6.04. The maximum atomic E-state index is 5.94. The van der Waals surface area contributed by atoms with Crippen LogP contribution in [0.4, 0.5) is 11.8 Å². The summed E-state index contributed by atoms with van der Waals surface area (Å²) in [5.74, 6) is 1.88. The monoisotopic (exact) mass is 284 g/mol. The first-order valence-electron chi connectivity index (χ1n) is 7.64. The van der Waals surface area contributed by atoms with Gasteiger partial charge < -0.3 is 10.6 Å². The van der Waals surface area contributed by atoms with Gasteiger partial charge in [0, 0.05) is 43.9 Å². The van der Waals surface area contributed by atoms with Gasteiger partial charge in [0.1, 0.15) is 5.82 Å². The summed E-state index contributed by atoms with van der Waals surface area (Å²) in [4.78, 5) is 11.1. The number of nitrogens with two attached hydrogens (primary N) is 1. The molecule has 21 heavy (non-hydrogen) atoms. The van der Waals surface area contributed by atoms with E-state index >= 15 is 0 Å². The van der Waals surface area contributed by atoms with E-state index < -0.39 is 0 Å². The first-order chi connectivity index (χ1) is 10.2. The summed E-state index contributed by atoms with van der Waals surface area (Å²) in [5.41, 5.74) is 9.10. The third-order valence-electron chi connectivity index (χ3n) is 4.26. The quantitative estimate of drug-likeness (QED) is 0.932. The normalized spacial score (nSPS) is 18.4. The van der Waals surface area contributed by atoms with Gasteiger partial charge in [-0.05, 0) is 25.7 Å².